The maximum absolute atomic E-state index is 13.5. The molecular weight excluding hydrogens is 462 g/mol. The molecule has 1 atom stereocenters. The Morgan fingerprint density at radius 2 is 2.00 bits per heavy atom. The number of anilines is 1. The molecule has 0 unspecified atom stereocenters. The van der Waals surface area contributed by atoms with Crippen molar-refractivity contribution in [2.24, 2.45) is 0 Å². The minimum Gasteiger partial charge on any atom is -0.377 e. The highest BCUT2D eigenvalue weighted by molar-refractivity contribution is 7.93. The van der Waals surface area contributed by atoms with Crippen LogP contribution in [0.4, 0.5) is 5.82 Å². The van der Waals surface area contributed by atoms with E-state index in [1.165, 1.54) is 0 Å². The first-order valence-electron chi connectivity index (χ1n) is 12.7. The van der Waals surface area contributed by atoms with Crippen molar-refractivity contribution in [3.05, 3.63) is 41.6 Å². The first-order valence-corrected chi connectivity index (χ1v) is 14.2. The SMILES string of the molecule is CC[C@H]1COCCN1c1cc(C2(S(=O)(=O)C3CC3)CC2)cc(-c2ccc3[nH]c(CNC)cc3n2)n1. The number of rotatable bonds is 8. The van der Waals surface area contributed by atoms with E-state index >= 15 is 0 Å². The van der Waals surface area contributed by atoms with Crippen LogP contribution in [-0.2, 0) is 25.9 Å². The van der Waals surface area contributed by atoms with Gasteiger partial charge in [0.1, 0.15) is 5.82 Å². The minimum absolute atomic E-state index is 0.184. The van der Waals surface area contributed by atoms with Crippen LogP contribution in [0.25, 0.3) is 22.4 Å². The Labute approximate surface area is 206 Å². The first kappa shape index (κ1) is 22.9. The molecule has 2 N–H and O–H groups in total. The molecule has 0 amide bonds. The third kappa shape index (κ3) is 3.93. The number of H-pyrrole nitrogens is 1. The molecule has 2 aliphatic carbocycles. The summed E-state index contributed by atoms with van der Waals surface area (Å²) in [6, 6.07) is 10.3. The van der Waals surface area contributed by atoms with Gasteiger partial charge in [0.15, 0.2) is 9.84 Å². The first-order chi connectivity index (χ1) is 16.9. The van der Waals surface area contributed by atoms with Gasteiger partial charge in [-0.15, -0.1) is 0 Å². The van der Waals surface area contributed by atoms with E-state index in [0.717, 1.165) is 71.8 Å². The van der Waals surface area contributed by atoms with Gasteiger partial charge >= 0.3 is 0 Å². The number of nitrogens with one attached hydrogen (secondary N) is 2. The van der Waals surface area contributed by atoms with Gasteiger partial charge in [0.25, 0.3) is 0 Å². The maximum Gasteiger partial charge on any atom is 0.163 e. The third-order valence-electron chi connectivity index (χ3n) is 7.70. The van der Waals surface area contributed by atoms with Crippen molar-refractivity contribution in [3.63, 3.8) is 0 Å². The summed E-state index contributed by atoms with van der Waals surface area (Å²) < 4.78 is 31.9. The molecule has 9 heteroatoms. The fourth-order valence-corrected chi connectivity index (χ4v) is 7.91. The van der Waals surface area contributed by atoms with Gasteiger partial charge in [-0.2, -0.15) is 0 Å². The Bertz CT molecular complexity index is 1360. The number of sulfone groups is 1. The van der Waals surface area contributed by atoms with Crippen molar-refractivity contribution < 1.29 is 13.2 Å². The largest absolute Gasteiger partial charge is 0.377 e. The lowest BCUT2D eigenvalue weighted by molar-refractivity contribution is 0.0926. The molecule has 3 fully saturated rings. The highest BCUT2D eigenvalue weighted by Crippen LogP contribution is 2.58. The summed E-state index contributed by atoms with van der Waals surface area (Å²) in [5.41, 5.74) is 5.29. The second-order valence-electron chi connectivity index (χ2n) is 10.1. The van der Waals surface area contributed by atoms with Gasteiger partial charge in [-0.25, -0.2) is 18.4 Å². The van der Waals surface area contributed by atoms with Crippen LogP contribution < -0.4 is 10.2 Å². The van der Waals surface area contributed by atoms with Crippen molar-refractivity contribution >= 4 is 26.7 Å². The van der Waals surface area contributed by atoms with Crippen molar-refractivity contribution in [2.45, 2.75) is 61.6 Å². The molecule has 35 heavy (non-hydrogen) atoms. The van der Waals surface area contributed by atoms with E-state index < -0.39 is 14.6 Å². The van der Waals surface area contributed by atoms with Gasteiger partial charge in [0, 0.05) is 18.8 Å². The van der Waals surface area contributed by atoms with Crippen LogP contribution in [-0.4, -0.2) is 61.5 Å². The van der Waals surface area contributed by atoms with E-state index in [1.807, 2.05) is 31.3 Å². The van der Waals surface area contributed by atoms with Crippen molar-refractivity contribution in [1.29, 1.82) is 0 Å². The van der Waals surface area contributed by atoms with Crippen LogP contribution in [0, 0.1) is 0 Å². The van der Waals surface area contributed by atoms with Crippen LogP contribution >= 0.6 is 0 Å². The zero-order valence-corrected chi connectivity index (χ0v) is 21.2. The van der Waals surface area contributed by atoms with E-state index in [0.29, 0.717) is 26.1 Å². The molecule has 0 aromatic carbocycles. The summed E-state index contributed by atoms with van der Waals surface area (Å²) in [7, 11) is -1.30. The Kier molecular flexibility index (Phi) is 5.62. The highest BCUT2D eigenvalue weighted by Gasteiger charge is 2.60. The molecule has 186 valence electrons. The number of pyridine rings is 2. The van der Waals surface area contributed by atoms with E-state index in [4.69, 9.17) is 14.7 Å². The monoisotopic (exact) mass is 495 g/mol. The van der Waals surface area contributed by atoms with Crippen LogP contribution in [0.3, 0.4) is 0 Å². The standard InChI is InChI=1S/C26H33N5O3S/c1-3-19-16-34-11-10-31(19)25-13-17(26(8-9-26)35(32,33)20-4-5-20)12-23(30-25)22-7-6-21-24(29-22)14-18(28-21)15-27-2/h6-7,12-14,19-20,27-28H,3-5,8-11,15-16H2,1-2H3/t19-/m0/s1. The highest BCUT2D eigenvalue weighted by atomic mass is 32.2. The fraction of sp³-hybridized carbons (Fsp3) is 0.538. The zero-order chi connectivity index (χ0) is 24.2. The molecule has 0 spiro atoms. The van der Waals surface area contributed by atoms with E-state index in [9.17, 15) is 8.42 Å². The smallest absolute Gasteiger partial charge is 0.163 e. The molecule has 4 heterocycles. The summed E-state index contributed by atoms with van der Waals surface area (Å²) in [4.78, 5) is 15.6. The zero-order valence-electron chi connectivity index (χ0n) is 20.4. The average Bonchev–Trinajstić information content (AvgIpc) is 3.79. The van der Waals surface area contributed by atoms with Crippen LogP contribution in [0.15, 0.2) is 30.3 Å². The van der Waals surface area contributed by atoms with Crippen LogP contribution in [0.5, 0.6) is 0 Å². The Balaban J connectivity index is 1.47. The van der Waals surface area contributed by atoms with E-state index in [1.54, 1.807) is 0 Å². The molecule has 3 aromatic rings. The lowest BCUT2D eigenvalue weighted by atomic mass is 10.1. The molecule has 1 saturated heterocycles. The number of ether oxygens (including phenoxy) is 1. The molecule has 1 aliphatic heterocycles. The maximum atomic E-state index is 13.5. The number of hydrogen-bond acceptors (Lipinski definition) is 7. The molecule has 6 rings (SSSR count). The number of aromatic nitrogens is 3. The molecule has 2 saturated carbocycles. The summed E-state index contributed by atoms with van der Waals surface area (Å²) in [6.45, 7) is 4.94. The van der Waals surface area contributed by atoms with Gasteiger partial charge in [0.05, 0.1) is 51.7 Å². The second-order valence-corrected chi connectivity index (χ2v) is 12.7. The Hall–Kier alpha value is -2.49. The molecule has 0 radical (unpaired) electrons. The average molecular weight is 496 g/mol. The molecule has 3 aromatic heterocycles. The van der Waals surface area contributed by atoms with Crippen molar-refractivity contribution in [3.8, 4) is 11.4 Å². The summed E-state index contributed by atoms with van der Waals surface area (Å²) in [5.74, 6) is 0.830. The Morgan fingerprint density at radius 3 is 2.71 bits per heavy atom. The predicted molar refractivity (Wildman–Crippen MR) is 137 cm³/mol. The van der Waals surface area contributed by atoms with Crippen molar-refractivity contribution in [2.75, 3.05) is 31.7 Å². The molecule has 8 nitrogen and oxygen atoms in total. The fourth-order valence-electron chi connectivity index (χ4n) is 5.39. The lowest BCUT2D eigenvalue weighted by Gasteiger charge is -2.36. The van der Waals surface area contributed by atoms with Crippen molar-refractivity contribution in [1.82, 2.24) is 20.3 Å². The van der Waals surface area contributed by atoms with Gasteiger partial charge in [0.2, 0.25) is 0 Å². The molecular formula is C26H33N5O3S. The quantitative estimate of drug-likeness (QED) is 0.493. The lowest BCUT2D eigenvalue weighted by Crippen LogP contribution is -2.45. The van der Waals surface area contributed by atoms with Crippen LogP contribution in [0.1, 0.15) is 50.3 Å². The summed E-state index contributed by atoms with van der Waals surface area (Å²) in [5, 5.41) is 2.98. The molecule has 0 bridgehead atoms. The second kappa shape index (κ2) is 8.57. The number of morpholine rings is 1. The normalized spacial score (nSPS) is 22.0. The van der Waals surface area contributed by atoms with Gasteiger partial charge in [-0.05, 0) is 75.0 Å². The minimum atomic E-state index is -3.21. The third-order valence-corrected chi connectivity index (χ3v) is 10.8. The summed E-state index contributed by atoms with van der Waals surface area (Å²) >= 11 is 0. The van der Waals surface area contributed by atoms with Gasteiger partial charge < -0.3 is 19.9 Å². The number of nitrogens with zero attached hydrogens (tertiary/aromatic N) is 3. The number of fused-ring (bicyclic) bond motifs is 1. The number of hydrogen-bond donors (Lipinski definition) is 2. The van der Waals surface area contributed by atoms with Gasteiger partial charge in [-0.1, -0.05) is 6.92 Å². The summed E-state index contributed by atoms with van der Waals surface area (Å²) in [6.07, 6.45) is 3.89. The molecule has 3 aliphatic rings. The van der Waals surface area contributed by atoms with E-state index in [-0.39, 0.29) is 11.3 Å². The van der Waals surface area contributed by atoms with E-state index in [2.05, 4.69) is 28.2 Å². The Morgan fingerprint density at radius 1 is 1.17 bits per heavy atom. The predicted octanol–water partition coefficient (Wildman–Crippen LogP) is 3.53. The van der Waals surface area contributed by atoms with Crippen LogP contribution in [0.2, 0.25) is 0 Å². The number of aromatic amines is 1. The van der Waals surface area contributed by atoms with Gasteiger partial charge in [-0.3, -0.25) is 0 Å². The topological polar surface area (TPSA) is 100 Å².